The number of aromatic hydroxyl groups is 1. The van der Waals surface area contributed by atoms with Gasteiger partial charge >= 0.3 is 0 Å². The largest absolute Gasteiger partial charge is 0.508 e. The number of anilines is 1. The zero-order chi connectivity index (χ0) is 13.8. The maximum Gasteiger partial charge on any atom is 0.256 e. The van der Waals surface area contributed by atoms with Crippen LogP contribution in [-0.4, -0.2) is 16.0 Å². The summed E-state index contributed by atoms with van der Waals surface area (Å²) < 4.78 is 0. The third-order valence-electron chi connectivity index (χ3n) is 2.76. The van der Waals surface area contributed by atoms with E-state index in [0.29, 0.717) is 23.5 Å². The lowest BCUT2D eigenvalue weighted by Gasteiger charge is -2.06. The Labute approximate surface area is 111 Å². The number of nitrogens with two attached hydrogens (primary N) is 1. The Morgan fingerprint density at radius 1 is 1.37 bits per heavy atom. The SMILES string of the molecule is Cc1cc(C(=O)Nc2ccc(CN)cn2)ccc1O. The number of nitrogens with zero attached hydrogens (tertiary/aromatic N) is 1. The van der Waals surface area contributed by atoms with Crippen molar-refractivity contribution in [2.45, 2.75) is 13.5 Å². The number of benzene rings is 1. The van der Waals surface area contributed by atoms with Gasteiger partial charge in [0.1, 0.15) is 11.6 Å². The van der Waals surface area contributed by atoms with E-state index in [2.05, 4.69) is 10.3 Å². The highest BCUT2D eigenvalue weighted by Gasteiger charge is 2.08. The van der Waals surface area contributed by atoms with Crippen LogP contribution in [0.3, 0.4) is 0 Å². The van der Waals surface area contributed by atoms with Gasteiger partial charge in [0, 0.05) is 18.3 Å². The molecule has 0 saturated carbocycles. The molecule has 98 valence electrons. The number of carbonyl (C=O) groups excluding carboxylic acids is 1. The molecule has 1 heterocycles. The number of carbonyl (C=O) groups is 1. The smallest absolute Gasteiger partial charge is 0.256 e. The molecular weight excluding hydrogens is 242 g/mol. The van der Waals surface area contributed by atoms with Crippen molar-refractivity contribution < 1.29 is 9.90 Å². The van der Waals surface area contributed by atoms with E-state index in [4.69, 9.17) is 5.73 Å². The molecule has 0 saturated heterocycles. The van der Waals surface area contributed by atoms with E-state index in [0.717, 1.165) is 5.56 Å². The van der Waals surface area contributed by atoms with Crippen molar-refractivity contribution in [3.8, 4) is 5.75 Å². The van der Waals surface area contributed by atoms with Gasteiger partial charge in [-0.05, 0) is 42.3 Å². The summed E-state index contributed by atoms with van der Waals surface area (Å²) in [6, 6.07) is 8.19. The van der Waals surface area contributed by atoms with Crippen LogP contribution >= 0.6 is 0 Å². The highest BCUT2D eigenvalue weighted by molar-refractivity contribution is 6.03. The van der Waals surface area contributed by atoms with E-state index in [9.17, 15) is 9.90 Å². The minimum Gasteiger partial charge on any atom is -0.508 e. The molecule has 5 heteroatoms. The number of hydrogen-bond acceptors (Lipinski definition) is 4. The molecule has 1 aromatic heterocycles. The number of pyridine rings is 1. The third-order valence-corrected chi connectivity index (χ3v) is 2.76. The van der Waals surface area contributed by atoms with Crippen molar-refractivity contribution in [3.63, 3.8) is 0 Å². The zero-order valence-electron chi connectivity index (χ0n) is 10.6. The Balaban J connectivity index is 2.13. The average molecular weight is 257 g/mol. The topological polar surface area (TPSA) is 88.2 Å². The lowest BCUT2D eigenvalue weighted by Crippen LogP contribution is -2.13. The molecule has 0 bridgehead atoms. The lowest BCUT2D eigenvalue weighted by molar-refractivity contribution is 0.102. The predicted molar refractivity (Wildman–Crippen MR) is 72.9 cm³/mol. The highest BCUT2D eigenvalue weighted by Crippen LogP contribution is 2.17. The molecule has 0 aliphatic rings. The van der Waals surface area contributed by atoms with Crippen molar-refractivity contribution in [2.75, 3.05) is 5.32 Å². The molecular formula is C14H15N3O2. The summed E-state index contributed by atoms with van der Waals surface area (Å²) in [7, 11) is 0. The van der Waals surface area contributed by atoms with Gasteiger partial charge in [-0.15, -0.1) is 0 Å². The molecule has 0 fully saturated rings. The van der Waals surface area contributed by atoms with E-state index in [1.807, 2.05) is 6.07 Å². The van der Waals surface area contributed by atoms with Gasteiger partial charge < -0.3 is 16.2 Å². The second kappa shape index (κ2) is 5.49. The number of rotatable bonds is 3. The Bertz CT molecular complexity index is 594. The first kappa shape index (κ1) is 13.0. The second-order valence-electron chi connectivity index (χ2n) is 4.21. The molecule has 0 aliphatic carbocycles. The van der Waals surface area contributed by atoms with Crippen molar-refractivity contribution in [1.82, 2.24) is 4.98 Å². The molecule has 4 N–H and O–H groups in total. The molecule has 1 amide bonds. The number of aromatic nitrogens is 1. The molecule has 5 nitrogen and oxygen atoms in total. The summed E-state index contributed by atoms with van der Waals surface area (Å²) in [6.45, 7) is 2.15. The molecule has 0 spiro atoms. The predicted octanol–water partition coefficient (Wildman–Crippen LogP) is 1.81. The van der Waals surface area contributed by atoms with Gasteiger partial charge in [-0.25, -0.2) is 4.98 Å². The van der Waals surface area contributed by atoms with Gasteiger partial charge in [-0.2, -0.15) is 0 Å². The number of nitrogens with one attached hydrogen (secondary N) is 1. The van der Waals surface area contributed by atoms with Crippen LogP contribution in [0, 0.1) is 6.92 Å². The van der Waals surface area contributed by atoms with E-state index < -0.39 is 0 Å². The lowest BCUT2D eigenvalue weighted by atomic mass is 10.1. The Hall–Kier alpha value is -2.40. The maximum absolute atomic E-state index is 12.0. The van der Waals surface area contributed by atoms with Gasteiger partial charge in [-0.1, -0.05) is 6.07 Å². The first-order valence-corrected chi connectivity index (χ1v) is 5.86. The van der Waals surface area contributed by atoms with Gasteiger partial charge in [0.05, 0.1) is 0 Å². The molecule has 2 aromatic rings. The van der Waals surface area contributed by atoms with Crippen LogP contribution in [0.1, 0.15) is 21.5 Å². The molecule has 0 aliphatic heterocycles. The molecule has 0 atom stereocenters. The number of hydrogen-bond donors (Lipinski definition) is 3. The van der Waals surface area contributed by atoms with Gasteiger partial charge in [0.2, 0.25) is 0 Å². The summed E-state index contributed by atoms with van der Waals surface area (Å²) in [5, 5.41) is 12.1. The standard InChI is InChI=1S/C14H15N3O2/c1-9-6-11(3-4-12(9)18)14(19)17-13-5-2-10(7-15)8-16-13/h2-6,8,18H,7,15H2,1H3,(H,16,17,19). The van der Waals surface area contributed by atoms with Crippen molar-refractivity contribution >= 4 is 11.7 Å². The van der Waals surface area contributed by atoms with Crippen LogP contribution in [0.15, 0.2) is 36.5 Å². The van der Waals surface area contributed by atoms with Crippen LogP contribution in [0.4, 0.5) is 5.82 Å². The first-order valence-electron chi connectivity index (χ1n) is 5.86. The van der Waals surface area contributed by atoms with Crippen molar-refractivity contribution in [2.24, 2.45) is 5.73 Å². The molecule has 0 unspecified atom stereocenters. The Kier molecular flexibility index (Phi) is 3.77. The fourth-order valence-electron chi connectivity index (χ4n) is 1.60. The molecule has 1 aromatic carbocycles. The number of phenolic OH excluding ortho intramolecular Hbond substituents is 1. The van der Waals surface area contributed by atoms with E-state index in [1.165, 1.54) is 6.07 Å². The minimum atomic E-state index is -0.268. The van der Waals surface area contributed by atoms with Crippen LogP contribution < -0.4 is 11.1 Å². The first-order chi connectivity index (χ1) is 9.10. The van der Waals surface area contributed by atoms with Crippen LogP contribution in [0.5, 0.6) is 5.75 Å². The number of amides is 1. The number of phenols is 1. The van der Waals surface area contributed by atoms with Crippen LogP contribution in [0.2, 0.25) is 0 Å². The Morgan fingerprint density at radius 2 is 2.16 bits per heavy atom. The van der Waals surface area contributed by atoms with Crippen LogP contribution in [0.25, 0.3) is 0 Å². The zero-order valence-corrected chi connectivity index (χ0v) is 10.6. The van der Waals surface area contributed by atoms with Crippen molar-refractivity contribution in [3.05, 3.63) is 53.2 Å². The van der Waals surface area contributed by atoms with Crippen molar-refractivity contribution in [1.29, 1.82) is 0 Å². The van der Waals surface area contributed by atoms with E-state index in [1.54, 1.807) is 31.3 Å². The summed E-state index contributed by atoms with van der Waals surface area (Å²) in [5.74, 6) is 0.367. The monoisotopic (exact) mass is 257 g/mol. The molecule has 2 rings (SSSR count). The summed E-state index contributed by atoms with van der Waals surface area (Å²) in [5.41, 5.74) is 7.50. The third kappa shape index (κ3) is 3.08. The summed E-state index contributed by atoms with van der Waals surface area (Å²) in [6.07, 6.45) is 1.62. The average Bonchev–Trinajstić information content (AvgIpc) is 2.42. The summed E-state index contributed by atoms with van der Waals surface area (Å²) >= 11 is 0. The van der Waals surface area contributed by atoms with E-state index >= 15 is 0 Å². The van der Waals surface area contributed by atoms with Crippen LogP contribution in [-0.2, 0) is 6.54 Å². The fourth-order valence-corrected chi connectivity index (χ4v) is 1.60. The normalized spacial score (nSPS) is 10.2. The summed E-state index contributed by atoms with van der Waals surface area (Å²) in [4.78, 5) is 16.1. The van der Waals surface area contributed by atoms with Gasteiger partial charge in [0.15, 0.2) is 0 Å². The van der Waals surface area contributed by atoms with Gasteiger partial charge in [-0.3, -0.25) is 4.79 Å². The quantitative estimate of drug-likeness (QED) is 0.782. The molecule has 0 radical (unpaired) electrons. The second-order valence-corrected chi connectivity index (χ2v) is 4.21. The minimum absolute atomic E-state index is 0.168. The Morgan fingerprint density at radius 3 is 2.74 bits per heavy atom. The molecule has 19 heavy (non-hydrogen) atoms. The maximum atomic E-state index is 12.0. The van der Waals surface area contributed by atoms with Gasteiger partial charge in [0.25, 0.3) is 5.91 Å². The number of aryl methyl sites for hydroxylation is 1. The fraction of sp³-hybridized carbons (Fsp3) is 0.143. The van der Waals surface area contributed by atoms with E-state index in [-0.39, 0.29) is 11.7 Å². The highest BCUT2D eigenvalue weighted by atomic mass is 16.3.